The smallest absolute Gasteiger partial charge is 0.289 e. The number of halogens is 1. The van der Waals surface area contributed by atoms with E-state index in [9.17, 15) is 14.9 Å². The molecule has 0 aliphatic carbocycles. The van der Waals surface area contributed by atoms with Gasteiger partial charge in [-0.2, -0.15) is 0 Å². The SMILES string of the molecule is CC[C@@H](Oc1ccc(C(C)(C)CC)cc1C(C)(C)CC)C(=O)Nc1ccc(Cl)c([N+](=O)[O-])c1. The van der Waals surface area contributed by atoms with Crippen LogP contribution in [0.4, 0.5) is 11.4 Å². The summed E-state index contributed by atoms with van der Waals surface area (Å²) in [5.74, 6) is 0.314. The highest BCUT2D eigenvalue weighted by Gasteiger charge is 2.29. The van der Waals surface area contributed by atoms with E-state index in [1.54, 1.807) is 0 Å². The average Bonchev–Trinajstić information content (AvgIpc) is 2.78. The van der Waals surface area contributed by atoms with Gasteiger partial charge in [0.1, 0.15) is 10.8 Å². The first-order valence-electron chi connectivity index (χ1n) is 11.4. The van der Waals surface area contributed by atoms with E-state index in [0.29, 0.717) is 17.9 Å². The molecule has 2 rings (SSSR count). The van der Waals surface area contributed by atoms with Gasteiger partial charge in [-0.15, -0.1) is 0 Å². The van der Waals surface area contributed by atoms with Crippen molar-refractivity contribution in [1.29, 1.82) is 0 Å². The molecule has 33 heavy (non-hydrogen) atoms. The molecule has 0 bridgehead atoms. The Balaban J connectivity index is 2.36. The fraction of sp³-hybridized carbons (Fsp3) is 0.500. The highest BCUT2D eigenvalue weighted by atomic mass is 35.5. The number of nitro benzene ring substituents is 1. The molecular formula is C26H35ClN2O4. The van der Waals surface area contributed by atoms with E-state index >= 15 is 0 Å². The van der Waals surface area contributed by atoms with Gasteiger partial charge < -0.3 is 10.1 Å². The van der Waals surface area contributed by atoms with E-state index in [2.05, 4.69) is 59.0 Å². The van der Waals surface area contributed by atoms with Crippen molar-refractivity contribution in [3.8, 4) is 5.75 Å². The largest absolute Gasteiger partial charge is 0.480 e. The fourth-order valence-corrected chi connectivity index (χ4v) is 3.59. The minimum Gasteiger partial charge on any atom is -0.480 e. The van der Waals surface area contributed by atoms with Gasteiger partial charge in [-0.05, 0) is 53.9 Å². The maximum atomic E-state index is 13.0. The van der Waals surface area contributed by atoms with Crippen LogP contribution in [0.3, 0.4) is 0 Å². The van der Waals surface area contributed by atoms with Crippen molar-refractivity contribution < 1.29 is 14.5 Å². The van der Waals surface area contributed by atoms with Crippen molar-refractivity contribution >= 4 is 28.9 Å². The van der Waals surface area contributed by atoms with E-state index in [-0.39, 0.29) is 27.4 Å². The predicted molar refractivity (Wildman–Crippen MR) is 135 cm³/mol. The van der Waals surface area contributed by atoms with E-state index in [1.807, 2.05) is 13.0 Å². The summed E-state index contributed by atoms with van der Waals surface area (Å²) in [7, 11) is 0. The molecule has 0 spiro atoms. The monoisotopic (exact) mass is 474 g/mol. The number of nitrogens with zero attached hydrogens (tertiary/aromatic N) is 1. The number of nitro groups is 1. The quantitative estimate of drug-likeness (QED) is 0.287. The molecule has 0 saturated heterocycles. The van der Waals surface area contributed by atoms with Gasteiger partial charge in [-0.25, -0.2) is 0 Å². The topological polar surface area (TPSA) is 81.5 Å². The number of hydrogen-bond donors (Lipinski definition) is 1. The van der Waals surface area contributed by atoms with Crippen molar-refractivity contribution in [2.45, 2.75) is 84.7 Å². The third-order valence-electron chi connectivity index (χ3n) is 6.60. The van der Waals surface area contributed by atoms with Crippen LogP contribution in [0.5, 0.6) is 5.75 Å². The zero-order chi connectivity index (χ0) is 25.0. The van der Waals surface area contributed by atoms with Crippen LogP contribution in [0.2, 0.25) is 5.02 Å². The van der Waals surface area contributed by atoms with Crippen LogP contribution >= 0.6 is 11.6 Å². The molecule has 0 aliphatic heterocycles. The van der Waals surface area contributed by atoms with E-state index in [0.717, 1.165) is 18.4 Å². The first kappa shape index (κ1) is 26.7. The van der Waals surface area contributed by atoms with Crippen LogP contribution in [0.1, 0.15) is 78.9 Å². The summed E-state index contributed by atoms with van der Waals surface area (Å²) in [5.41, 5.74) is 2.23. The summed E-state index contributed by atoms with van der Waals surface area (Å²) >= 11 is 5.87. The molecule has 0 fully saturated rings. The van der Waals surface area contributed by atoms with Gasteiger partial charge in [0.25, 0.3) is 11.6 Å². The van der Waals surface area contributed by atoms with Crippen molar-refractivity contribution in [2.75, 3.05) is 5.32 Å². The van der Waals surface area contributed by atoms with Crippen LogP contribution in [0.25, 0.3) is 0 Å². The van der Waals surface area contributed by atoms with Gasteiger partial charge in [-0.3, -0.25) is 14.9 Å². The minimum absolute atomic E-state index is 0.0165. The first-order chi connectivity index (χ1) is 15.4. The number of benzene rings is 2. The molecular weight excluding hydrogens is 440 g/mol. The van der Waals surface area contributed by atoms with Gasteiger partial charge in [-0.1, -0.05) is 72.2 Å². The van der Waals surface area contributed by atoms with Crippen LogP contribution in [0.15, 0.2) is 36.4 Å². The van der Waals surface area contributed by atoms with E-state index in [4.69, 9.17) is 16.3 Å². The van der Waals surface area contributed by atoms with Crippen molar-refractivity contribution in [3.05, 3.63) is 62.7 Å². The summed E-state index contributed by atoms with van der Waals surface area (Å²) < 4.78 is 6.25. The highest BCUT2D eigenvalue weighted by molar-refractivity contribution is 6.32. The number of rotatable bonds is 10. The lowest BCUT2D eigenvalue weighted by molar-refractivity contribution is -0.384. The Morgan fingerprint density at radius 2 is 1.70 bits per heavy atom. The summed E-state index contributed by atoms with van der Waals surface area (Å²) in [6, 6.07) is 10.4. The van der Waals surface area contributed by atoms with Crippen LogP contribution < -0.4 is 10.1 Å². The van der Waals surface area contributed by atoms with E-state index in [1.165, 1.54) is 23.8 Å². The second-order valence-electron chi connectivity index (χ2n) is 9.61. The Bertz CT molecular complexity index is 1020. The molecule has 1 atom stereocenters. The summed E-state index contributed by atoms with van der Waals surface area (Å²) in [5, 5.41) is 13.9. The molecule has 7 heteroatoms. The minimum atomic E-state index is -0.754. The van der Waals surface area contributed by atoms with E-state index < -0.39 is 11.0 Å². The molecule has 0 heterocycles. The Morgan fingerprint density at radius 1 is 1.06 bits per heavy atom. The lowest BCUT2D eigenvalue weighted by Gasteiger charge is -2.31. The zero-order valence-electron chi connectivity index (χ0n) is 20.6. The summed E-state index contributed by atoms with van der Waals surface area (Å²) in [6.07, 6.45) is 1.61. The van der Waals surface area contributed by atoms with Crippen LogP contribution in [-0.2, 0) is 15.6 Å². The molecule has 0 unspecified atom stereocenters. The molecule has 2 aromatic carbocycles. The van der Waals surface area contributed by atoms with Gasteiger partial charge in [0.05, 0.1) is 4.92 Å². The number of carbonyl (C=O) groups excluding carboxylic acids is 1. The number of carbonyl (C=O) groups is 1. The van der Waals surface area contributed by atoms with Gasteiger partial charge >= 0.3 is 0 Å². The van der Waals surface area contributed by atoms with Crippen LogP contribution in [0, 0.1) is 10.1 Å². The zero-order valence-corrected chi connectivity index (χ0v) is 21.4. The third kappa shape index (κ3) is 6.26. The standard InChI is InChI=1S/C26H35ClN2O4/c1-8-22(24(30)28-18-12-13-20(27)21(16-18)29(31)32)33-23-14-11-17(25(4,5)9-2)15-19(23)26(6,7)10-3/h11-16,22H,8-10H2,1-7H3,(H,28,30)/t22-/m1/s1. The van der Waals surface area contributed by atoms with Gasteiger partial charge in [0.15, 0.2) is 6.10 Å². The lowest BCUT2D eigenvalue weighted by Crippen LogP contribution is -2.33. The number of nitrogens with one attached hydrogen (secondary N) is 1. The molecule has 6 nitrogen and oxygen atoms in total. The predicted octanol–water partition coefficient (Wildman–Crippen LogP) is 7.42. The Kier molecular flexibility index (Phi) is 8.52. The van der Waals surface area contributed by atoms with Gasteiger partial charge in [0.2, 0.25) is 0 Å². The second-order valence-corrected chi connectivity index (χ2v) is 10.0. The molecule has 180 valence electrons. The summed E-state index contributed by atoms with van der Waals surface area (Å²) in [4.78, 5) is 23.6. The molecule has 2 aromatic rings. The Hall–Kier alpha value is -2.60. The van der Waals surface area contributed by atoms with Crippen LogP contribution in [-0.4, -0.2) is 16.9 Å². The number of amides is 1. The number of anilines is 1. The molecule has 1 amide bonds. The Morgan fingerprint density at radius 3 is 2.24 bits per heavy atom. The number of hydrogen-bond acceptors (Lipinski definition) is 4. The maximum absolute atomic E-state index is 13.0. The maximum Gasteiger partial charge on any atom is 0.289 e. The fourth-order valence-electron chi connectivity index (χ4n) is 3.41. The Labute approximate surface area is 201 Å². The molecule has 0 aliphatic rings. The van der Waals surface area contributed by atoms with Crippen molar-refractivity contribution in [1.82, 2.24) is 0 Å². The molecule has 0 aromatic heterocycles. The third-order valence-corrected chi connectivity index (χ3v) is 6.92. The second kappa shape index (κ2) is 10.6. The number of ether oxygens (including phenoxy) is 1. The first-order valence-corrected chi connectivity index (χ1v) is 11.8. The van der Waals surface area contributed by atoms with Crippen molar-refractivity contribution in [3.63, 3.8) is 0 Å². The highest BCUT2D eigenvalue weighted by Crippen LogP contribution is 2.39. The normalized spacial score (nSPS) is 12.8. The molecule has 0 saturated carbocycles. The molecule has 0 radical (unpaired) electrons. The summed E-state index contributed by atoms with van der Waals surface area (Å²) in [6.45, 7) is 15.0. The average molecular weight is 475 g/mol. The van der Waals surface area contributed by atoms with Crippen molar-refractivity contribution in [2.24, 2.45) is 0 Å². The molecule has 1 N–H and O–H groups in total. The lowest BCUT2D eigenvalue weighted by atomic mass is 9.76. The van der Waals surface area contributed by atoms with Gasteiger partial charge in [0, 0.05) is 17.3 Å².